The number of nitrogens with two attached hydrogens (primary N) is 1. The minimum atomic E-state index is 0.345. The van der Waals surface area contributed by atoms with Gasteiger partial charge in [-0.15, -0.1) is 0 Å². The van der Waals surface area contributed by atoms with Crippen molar-refractivity contribution in [1.29, 1.82) is 0 Å². The van der Waals surface area contributed by atoms with Crippen LogP contribution in [0.3, 0.4) is 0 Å². The van der Waals surface area contributed by atoms with Crippen LogP contribution in [0.25, 0.3) is 5.57 Å². The normalized spacial score (nSPS) is 13.5. The number of hydrogen-bond acceptors (Lipinski definition) is 4. The van der Waals surface area contributed by atoms with Gasteiger partial charge in [-0.05, 0) is 38.5 Å². The molecular weight excluding hydrogens is 338 g/mol. The van der Waals surface area contributed by atoms with Gasteiger partial charge in [0.05, 0.1) is 13.3 Å². The van der Waals surface area contributed by atoms with Crippen molar-refractivity contribution in [2.24, 2.45) is 15.8 Å². The van der Waals surface area contributed by atoms with E-state index in [1.165, 1.54) is 12.8 Å². The van der Waals surface area contributed by atoms with Gasteiger partial charge in [0, 0.05) is 29.9 Å². The summed E-state index contributed by atoms with van der Waals surface area (Å²) >= 11 is 0. The van der Waals surface area contributed by atoms with Gasteiger partial charge in [0.1, 0.15) is 5.75 Å². The lowest BCUT2D eigenvalue weighted by molar-refractivity contribution is 0.414. The van der Waals surface area contributed by atoms with E-state index in [9.17, 15) is 0 Å². The second-order valence-electron chi connectivity index (χ2n) is 5.96. The molecule has 0 fully saturated rings. The maximum atomic E-state index is 5.79. The van der Waals surface area contributed by atoms with Crippen LogP contribution in [-0.4, -0.2) is 32.4 Å². The van der Waals surface area contributed by atoms with Gasteiger partial charge in [0.15, 0.2) is 0 Å². The zero-order chi connectivity index (χ0) is 19.9. The van der Waals surface area contributed by atoms with Crippen molar-refractivity contribution in [1.82, 2.24) is 5.43 Å². The first kappa shape index (κ1) is 22.3. The van der Waals surface area contributed by atoms with E-state index in [1.54, 1.807) is 13.3 Å². The van der Waals surface area contributed by atoms with Crippen LogP contribution < -0.4 is 21.2 Å². The highest BCUT2D eigenvalue weighted by Gasteiger charge is 2.11. The zero-order valence-corrected chi connectivity index (χ0v) is 17.0. The van der Waals surface area contributed by atoms with Crippen molar-refractivity contribution in [2.75, 3.05) is 25.5 Å². The van der Waals surface area contributed by atoms with Crippen molar-refractivity contribution in [3.05, 3.63) is 42.0 Å². The number of ether oxygens (including phenoxy) is 1. The Morgan fingerprint density at radius 3 is 2.74 bits per heavy atom. The summed E-state index contributed by atoms with van der Waals surface area (Å²) in [6, 6.07) is 5.93. The molecule has 0 spiro atoms. The molecule has 1 aliphatic heterocycles. The summed E-state index contributed by atoms with van der Waals surface area (Å²) < 4.78 is 5.28. The predicted octanol–water partition coefficient (Wildman–Crippen LogP) is 4.17. The van der Waals surface area contributed by atoms with Gasteiger partial charge < -0.3 is 15.8 Å². The summed E-state index contributed by atoms with van der Waals surface area (Å²) in [6.07, 6.45) is 11.2. The van der Waals surface area contributed by atoms with Gasteiger partial charge in [-0.25, -0.2) is 5.43 Å². The van der Waals surface area contributed by atoms with Gasteiger partial charge in [-0.2, -0.15) is 5.10 Å². The fourth-order valence-corrected chi connectivity index (χ4v) is 2.31. The number of nitrogens with zero attached hydrogens (tertiary/aromatic N) is 2. The number of hydrogen-bond donors (Lipinski definition) is 3. The van der Waals surface area contributed by atoms with Crippen LogP contribution in [-0.2, 0) is 0 Å². The highest BCUT2D eigenvalue weighted by molar-refractivity contribution is 6.13. The van der Waals surface area contributed by atoms with E-state index in [4.69, 9.17) is 10.5 Å². The molecule has 6 heteroatoms. The van der Waals surface area contributed by atoms with Crippen LogP contribution >= 0.6 is 0 Å². The minimum Gasteiger partial charge on any atom is -0.497 e. The molecule has 0 saturated carbocycles. The average molecular weight is 372 g/mol. The van der Waals surface area contributed by atoms with Crippen LogP contribution in [0.4, 0.5) is 5.69 Å². The molecule has 1 aromatic rings. The third-order valence-electron chi connectivity index (χ3n) is 3.91. The maximum absolute atomic E-state index is 5.79. The Hall–Kier alpha value is -2.76. The number of nitrogens with one attached hydrogen (secondary N) is 2. The first-order valence-electron chi connectivity index (χ1n) is 9.45. The number of rotatable bonds is 7. The Balaban J connectivity index is 0.000000828. The first-order chi connectivity index (χ1) is 13.2. The standard InChI is InChI=1S/C17H25N5O.C4H8/c1-3-4-5-9-20-17(18)22-21-12-13-8-10-19-16-7-6-14(23-2)11-15(13)16;1-3-4-2/h6-8,11-12,19H,3-5,9-10H2,1-2H3,(H3,18,20,22);3-4H,1-2H3/b21-12+;4-3-. The summed E-state index contributed by atoms with van der Waals surface area (Å²) in [5.74, 6) is 1.16. The number of benzene rings is 1. The second-order valence-corrected chi connectivity index (χ2v) is 5.96. The van der Waals surface area contributed by atoms with Crippen molar-refractivity contribution >= 4 is 23.4 Å². The van der Waals surface area contributed by atoms with Crippen LogP contribution in [0.1, 0.15) is 45.6 Å². The van der Waals surface area contributed by atoms with E-state index in [0.717, 1.165) is 42.1 Å². The molecule has 1 aliphatic rings. The SMILES string of the molecule is C/C=C\C.CCCCCN=C(N)N/N=C/C1=CCNc2ccc(OC)cc21. The molecule has 0 saturated heterocycles. The monoisotopic (exact) mass is 371 g/mol. The number of methoxy groups -OCH3 is 1. The fraction of sp³-hybridized carbons (Fsp3) is 0.429. The fourth-order valence-electron chi connectivity index (χ4n) is 2.31. The molecule has 27 heavy (non-hydrogen) atoms. The lowest BCUT2D eigenvalue weighted by atomic mass is 10.0. The molecule has 0 aliphatic carbocycles. The van der Waals surface area contributed by atoms with Gasteiger partial charge in [-0.1, -0.05) is 38.0 Å². The van der Waals surface area contributed by atoms with E-state index in [2.05, 4.69) is 33.8 Å². The quantitative estimate of drug-likeness (QED) is 0.221. The summed E-state index contributed by atoms with van der Waals surface area (Å²) in [5, 5.41) is 7.50. The Labute approximate surface area is 163 Å². The predicted molar refractivity (Wildman–Crippen MR) is 118 cm³/mol. The molecule has 0 bridgehead atoms. The van der Waals surface area contributed by atoms with Crippen molar-refractivity contribution < 1.29 is 4.74 Å². The molecule has 0 radical (unpaired) electrons. The lowest BCUT2D eigenvalue weighted by Crippen LogP contribution is -2.27. The number of aliphatic imine (C=N–C) groups is 1. The molecule has 0 atom stereocenters. The molecule has 0 amide bonds. The molecule has 6 nitrogen and oxygen atoms in total. The molecule has 0 aromatic heterocycles. The number of allylic oxidation sites excluding steroid dienone is 3. The number of fused-ring (bicyclic) bond motifs is 1. The molecule has 148 valence electrons. The summed E-state index contributed by atoms with van der Waals surface area (Å²) in [6.45, 7) is 7.66. The molecular formula is C21H33N5O. The van der Waals surface area contributed by atoms with Gasteiger partial charge in [0.25, 0.3) is 0 Å². The molecule has 1 aromatic carbocycles. The van der Waals surface area contributed by atoms with Gasteiger partial charge >= 0.3 is 0 Å². The summed E-state index contributed by atoms with van der Waals surface area (Å²) in [4.78, 5) is 4.23. The maximum Gasteiger partial charge on any atom is 0.209 e. The number of hydrazone groups is 1. The Morgan fingerprint density at radius 1 is 1.30 bits per heavy atom. The number of guanidine groups is 1. The van der Waals surface area contributed by atoms with Crippen LogP contribution in [0.2, 0.25) is 0 Å². The van der Waals surface area contributed by atoms with Crippen molar-refractivity contribution in [3.8, 4) is 5.75 Å². The van der Waals surface area contributed by atoms with Gasteiger partial charge in [0.2, 0.25) is 5.96 Å². The average Bonchev–Trinajstić information content (AvgIpc) is 2.71. The largest absolute Gasteiger partial charge is 0.497 e. The van der Waals surface area contributed by atoms with E-state index in [0.29, 0.717) is 5.96 Å². The minimum absolute atomic E-state index is 0.345. The highest BCUT2D eigenvalue weighted by atomic mass is 16.5. The second kappa shape index (κ2) is 13.4. The molecule has 4 N–H and O–H groups in total. The smallest absolute Gasteiger partial charge is 0.209 e. The molecule has 0 unspecified atom stereocenters. The van der Waals surface area contributed by atoms with E-state index < -0.39 is 0 Å². The molecule has 1 heterocycles. The first-order valence-corrected chi connectivity index (χ1v) is 9.45. The van der Waals surface area contributed by atoms with Crippen LogP contribution in [0, 0.1) is 0 Å². The highest BCUT2D eigenvalue weighted by Crippen LogP contribution is 2.29. The van der Waals surface area contributed by atoms with E-state index in [-0.39, 0.29) is 0 Å². The van der Waals surface area contributed by atoms with Crippen LogP contribution in [0.15, 0.2) is 46.5 Å². The Kier molecular flexibility index (Phi) is 11.1. The third-order valence-corrected chi connectivity index (χ3v) is 3.91. The van der Waals surface area contributed by atoms with Crippen molar-refractivity contribution in [3.63, 3.8) is 0 Å². The van der Waals surface area contributed by atoms with Crippen molar-refractivity contribution in [2.45, 2.75) is 40.0 Å². The summed E-state index contributed by atoms with van der Waals surface area (Å²) in [5.41, 5.74) is 11.7. The van der Waals surface area contributed by atoms with E-state index in [1.807, 2.05) is 44.2 Å². The zero-order valence-electron chi connectivity index (χ0n) is 17.0. The summed E-state index contributed by atoms with van der Waals surface area (Å²) in [7, 11) is 1.66. The van der Waals surface area contributed by atoms with Crippen LogP contribution in [0.5, 0.6) is 5.75 Å². The number of unbranched alkanes of at least 4 members (excludes halogenated alkanes) is 2. The topological polar surface area (TPSA) is 84.0 Å². The van der Waals surface area contributed by atoms with Gasteiger partial charge in [-0.3, -0.25) is 4.99 Å². The third kappa shape index (κ3) is 8.44. The lowest BCUT2D eigenvalue weighted by Gasteiger charge is -2.17. The Morgan fingerprint density at radius 2 is 2.07 bits per heavy atom. The number of anilines is 1. The Bertz CT molecular complexity index is 673. The van der Waals surface area contributed by atoms with E-state index >= 15 is 0 Å². The molecule has 2 rings (SSSR count).